The Bertz CT molecular complexity index is 783. The molecule has 27 heavy (non-hydrogen) atoms. The number of thiophene rings is 1. The molecule has 3 heterocycles. The molecule has 3 aromatic rings. The standard InChI is InChI=1S/C19H25N5OS.HI/c1-24-16(7-13-23-24)6-10-20-19(21-11-8-17-4-2-14-25-17)22-12-9-18-5-3-15-26-18;/h2-5,7,13-15H,6,8-12H2,1H3,(H2,20,21,22);1H. The van der Waals surface area contributed by atoms with Crippen LogP contribution >= 0.6 is 35.3 Å². The Morgan fingerprint density at radius 3 is 2.67 bits per heavy atom. The number of nitrogens with one attached hydrogen (secondary N) is 2. The Hall–Kier alpha value is -1.81. The molecule has 3 rings (SSSR count). The van der Waals surface area contributed by atoms with Crippen LogP contribution < -0.4 is 10.6 Å². The van der Waals surface area contributed by atoms with Gasteiger partial charge in [0.05, 0.1) is 6.26 Å². The predicted molar refractivity (Wildman–Crippen MR) is 121 cm³/mol. The molecule has 0 aromatic carbocycles. The van der Waals surface area contributed by atoms with E-state index in [-0.39, 0.29) is 24.0 Å². The quantitative estimate of drug-likeness (QED) is 0.270. The van der Waals surface area contributed by atoms with Crippen molar-refractivity contribution in [1.29, 1.82) is 0 Å². The van der Waals surface area contributed by atoms with E-state index in [1.807, 2.05) is 36.1 Å². The highest BCUT2D eigenvalue weighted by atomic mass is 127. The molecule has 0 fully saturated rings. The van der Waals surface area contributed by atoms with Gasteiger partial charge in [0.15, 0.2) is 5.96 Å². The highest BCUT2D eigenvalue weighted by molar-refractivity contribution is 14.0. The Morgan fingerprint density at radius 1 is 1.15 bits per heavy atom. The zero-order valence-electron chi connectivity index (χ0n) is 15.4. The Labute approximate surface area is 181 Å². The topological polar surface area (TPSA) is 67.4 Å². The molecule has 0 aliphatic heterocycles. The third-order valence-electron chi connectivity index (χ3n) is 4.05. The molecular weight excluding hydrogens is 473 g/mol. The van der Waals surface area contributed by atoms with Gasteiger partial charge >= 0.3 is 0 Å². The fourth-order valence-corrected chi connectivity index (χ4v) is 3.32. The van der Waals surface area contributed by atoms with E-state index in [1.54, 1.807) is 17.6 Å². The molecule has 0 radical (unpaired) electrons. The summed E-state index contributed by atoms with van der Waals surface area (Å²) in [5, 5.41) is 13.1. The van der Waals surface area contributed by atoms with Gasteiger partial charge in [0.2, 0.25) is 0 Å². The van der Waals surface area contributed by atoms with E-state index >= 15 is 0 Å². The van der Waals surface area contributed by atoms with Crippen LogP contribution in [0.1, 0.15) is 16.3 Å². The first-order valence-corrected chi connectivity index (χ1v) is 9.73. The summed E-state index contributed by atoms with van der Waals surface area (Å²) in [7, 11) is 1.97. The number of hydrogen-bond acceptors (Lipinski definition) is 4. The first kappa shape index (κ1) is 21.5. The van der Waals surface area contributed by atoms with Crippen LogP contribution in [0.25, 0.3) is 0 Å². The minimum Gasteiger partial charge on any atom is -0.469 e. The van der Waals surface area contributed by atoms with Crippen molar-refractivity contribution >= 4 is 41.3 Å². The Balaban J connectivity index is 0.00000261. The van der Waals surface area contributed by atoms with Crippen molar-refractivity contribution in [3.8, 4) is 0 Å². The zero-order chi connectivity index (χ0) is 18.0. The van der Waals surface area contributed by atoms with E-state index in [1.165, 1.54) is 10.6 Å². The van der Waals surface area contributed by atoms with Crippen molar-refractivity contribution in [2.75, 3.05) is 19.6 Å². The minimum atomic E-state index is 0. The van der Waals surface area contributed by atoms with Gasteiger partial charge in [-0.1, -0.05) is 6.07 Å². The third-order valence-corrected chi connectivity index (χ3v) is 4.98. The molecule has 6 nitrogen and oxygen atoms in total. The molecule has 0 bridgehead atoms. The number of rotatable bonds is 9. The molecule has 3 aromatic heterocycles. The number of aryl methyl sites for hydroxylation is 1. The molecular formula is C19H26IN5OS. The highest BCUT2D eigenvalue weighted by Crippen LogP contribution is 2.08. The van der Waals surface area contributed by atoms with Crippen LogP contribution in [0.3, 0.4) is 0 Å². The van der Waals surface area contributed by atoms with Gasteiger partial charge in [-0.3, -0.25) is 9.67 Å². The molecule has 0 aliphatic rings. The Morgan fingerprint density at radius 2 is 2.00 bits per heavy atom. The van der Waals surface area contributed by atoms with Gasteiger partial charge in [-0.15, -0.1) is 35.3 Å². The fraction of sp³-hybridized carbons (Fsp3) is 0.368. The van der Waals surface area contributed by atoms with Gasteiger partial charge in [0, 0.05) is 62.7 Å². The van der Waals surface area contributed by atoms with Crippen LogP contribution in [0, 0.1) is 0 Å². The summed E-state index contributed by atoms with van der Waals surface area (Å²) in [6, 6.07) is 10.2. The maximum atomic E-state index is 5.38. The molecule has 0 saturated heterocycles. The summed E-state index contributed by atoms with van der Waals surface area (Å²) in [6.07, 6.45) is 6.23. The molecule has 8 heteroatoms. The second-order valence-electron chi connectivity index (χ2n) is 5.94. The molecule has 0 saturated carbocycles. The molecule has 2 N–H and O–H groups in total. The maximum absolute atomic E-state index is 5.38. The molecule has 0 amide bonds. The second kappa shape index (κ2) is 11.8. The zero-order valence-corrected chi connectivity index (χ0v) is 18.6. The van der Waals surface area contributed by atoms with Crippen molar-refractivity contribution < 1.29 is 4.42 Å². The summed E-state index contributed by atoms with van der Waals surface area (Å²) in [5.74, 6) is 1.82. The number of hydrogen-bond donors (Lipinski definition) is 2. The number of halogens is 1. The summed E-state index contributed by atoms with van der Waals surface area (Å²) >= 11 is 1.78. The molecule has 0 atom stereocenters. The van der Waals surface area contributed by atoms with Crippen LogP contribution in [0.4, 0.5) is 0 Å². The first-order valence-electron chi connectivity index (χ1n) is 8.85. The van der Waals surface area contributed by atoms with Crippen molar-refractivity contribution in [3.63, 3.8) is 0 Å². The van der Waals surface area contributed by atoms with Gasteiger partial charge in [-0.2, -0.15) is 5.10 Å². The summed E-state index contributed by atoms with van der Waals surface area (Å²) in [5.41, 5.74) is 1.20. The molecule has 0 unspecified atom stereocenters. The van der Waals surface area contributed by atoms with Crippen LogP contribution in [-0.2, 0) is 26.3 Å². The third kappa shape index (κ3) is 7.37. The largest absolute Gasteiger partial charge is 0.469 e. The molecule has 0 spiro atoms. The maximum Gasteiger partial charge on any atom is 0.191 e. The van der Waals surface area contributed by atoms with E-state index in [2.05, 4.69) is 33.2 Å². The molecule has 146 valence electrons. The predicted octanol–water partition coefficient (Wildman–Crippen LogP) is 3.26. The van der Waals surface area contributed by atoms with Gasteiger partial charge in [0.1, 0.15) is 5.76 Å². The lowest BCUT2D eigenvalue weighted by Crippen LogP contribution is -2.39. The van der Waals surface area contributed by atoms with E-state index in [0.29, 0.717) is 0 Å². The SMILES string of the molecule is Cn1nccc1CCNC(=NCCc1cccs1)NCCc1ccco1.I. The van der Waals surface area contributed by atoms with E-state index in [4.69, 9.17) is 9.41 Å². The number of furan rings is 1. The van der Waals surface area contributed by atoms with Crippen molar-refractivity contribution in [3.05, 3.63) is 64.5 Å². The summed E-state index contributed by atoms with van der Waals surface area (Å²) < 4.78 is 7.28. The summed E-state index contributed by atoms with van der Waals surface area (Å²) in [4.78, 5) is 6.07. The number of guanidine groups is 1. The lowest BCUT2D eigenvalue weighted by Gasteiger charge is -2.12. The van der Waals surface area contributed by atoms with Crippen LogP contribution in [0.5, 0.6) is 0 Å². The second-order valence-corrected chi connectivity index (χ2v) is 6.97. The lowest BCUT2D eigenvalue weighted by atomic mass is 10.3. The van der Waals surface area contributed by atoms with Crippen LogP contribution in [0.15, 0.2) is 57.6 Å². The number of nitrogens with zero attached hydrogens (tertiary/aromatic N) is 3. The highest BCUT2D eigenvalue weighted by Gasteiger charge is 2.03. The minimum absolute atomic E-state index is 0. The number of aliphatic imine (C=N–C) groups is 1. The van der Waals surface area contributed by atoms with Gasteiger partial charge in [0.25, 0.3) is 0 Å². The van der Waals surface area contributed by atoms with Crippen molar-refractivity contribution in [2.45, 2.75) is 19.3 Å². The van der Waals surface area contributed by atoms with Crippen molar-refractivity contribution in [2.24, 2.45) is 12.0 Å². The average Bonchev–Trinajstić information content (AvgIpc) is 3.38. The van der Waals surface area contributed by atoms with Gasteiger partial charge < -0.3 is 15.1 Å². The van der Waals surface area contributed by atoms with Gasteiger partial charge in [-0.25, -0.2) is 0 Å². The monoisotopic (exact) mass is 499 g/mol. The normalized spacial score (nSPS) is 11.2. The molecule has 0 aliphatic carbocycles. The smallest absolute Gasteiger partial charge is 0.191 e. The van der Waals surface area contributed by atoms with Gasteiger partial charge in [-0.05, 0) is 29.6 Å². The van der Waals surface area contributed by atoms with E-state index < -0.39 is 0 Å². The van der Waals surface area contributed by atoms with Crippen LogP contribution in [-0.4, -0.2) is 35.4 Å². The van der Waals surface area contributed by atoms with E-state index in [9.17, 15) is 0 Å². The first-order chi connectivity index (χ1) is 12.8. The van der Waals surface area contributed by atoms with E-state index in [0.717, 1.165) is 50.6 Å². The summed E-state index contributed by atoms with van der Waals surface area (Å²) in [6.45, 7) is 2.36. The fourth-order valence-electron chi connectivity index (χ4n) is 2.62. The van der Waals surface area contributed by atoms with Crippen molar-refractivity contribution in [1.82, 2.24) is 20.4 Å². The lowest BCUT2D eigenvalue weighted by molar-refractivity contribution is 0.506. The average molecular weight is 499 g/mol. The van der Waals surface area contributed by atoms with Crippen LogP contribution in [0.2, 0.25) is 0 Å². The Kier molecular flexibility index (Phi) is 9.40. The number of aromatic nitrogens is 2.